The van der Waals surface area contributed by atoms with Gasteiger partial charge in [-0.15, -0.1) is 0 Å². The number of aryl methyl sites for hydroxylation is 2. The van der Waals surface area contributed by atoms with E-state index in [0.717, 1.165) is 37.8 Å². The molecule has 1 aliphatic heterocycles. The van der Waals surface area contributed by atoms with Crippen LogP contribution in [0.4, 0.5) is 0 Å². The number of hydrogen-bond acceptors (Lipinski definition) is 4. The molecule has 0 aliphatic carbocycles. The van der Waals surface area contributed by atoms with Gasteiger partial charge in [-0.05, 0) is 26.4 Å². The van der Waals surface area contributed by atoms with E-state index >= 15 is 0 Å². The van der Waals surface area contributed by atoms with Gasteiger partial charge in [-0.25, -0.2) is 4.68 Å². The highest BCUT2D eigenvalue weighted by atomic mass is 16.5. The zero-order valence-electron chi connectivity index (χ0n) is 11.9. The van der Waals surface area contributed by atoms with Crippen molar-refractivity contribution in [1.82, 2.24) is 20.0 Å². The topological polar surface area (TPSA) is 42.3 Å². The van der Waals surface area contributed by atoms with E-state index in [1.807, 2.05) is 11.7 Å². The Kier molecular flexibility index (Phi) is 4.24. The third-order valence-corrected chi connectivity index (χ3v) is 3.80. The largest absolute Gasteiger partial charge is 0.481 e. The van der Waals surface area contributed by atoms with Crippen molar-refractivity contribution < 1.29 is 4.74 Å². The van der Waals surface area contributed by atoms with Crippen LogP contribution in [0.25, 0.3) is 0 Å². The van der Waals surface area contributed by atoms with Gasteiger partial charge in [-0.3, -0.25) is 4.90 Å². The molecule has 1 atom stereocenters. The molecule has 0 amide bonds. The van der Waals surface area contributed by atoms with Gasteiger partial charge in [0.05, 0.1) is 18.4 Å². The summed E-state index contributed by atoms with van der Waals surface area (Å²) in [6, 6.07) is 0.638. The van der Waals surface area contributed by atoms with Crippen LogP contribution in [-0.4, -0.2) is 47.5 Å². The van der Waals surface area contributed by atoms with Crippen LogP contribution in [0.15, 0.2) is 0 Å². The van der Waals surface area contributed by atoms with E-state index in [9.17, 15) is 0 Å². The summed E-state index contributed by atoms with van der Waals surface area (Å²) in [7, 11) is 3.65. The van der Waals surface area contributed by atoms with Crippen molar-refractivity contribution in [2.75, 3.05) is 26.7 Å². The van der Waals surface area contributed by atoms with Crippen molar-refractivity contribution in [3.05, 3.63) is 11.3 Å². The minimum Gasteiger partial charge on any atom is -0.481 e. The van der Waals surface area contributed by atoms with Crippen molar-refractivity contribution in [3.63, 3.8) is 0 Å². The zero-order chi connectivity index (χ0) is 13.1. The van der Waals surface area contributed by atoms with Crippen LogP contribution in [-0.2, 0) is 13.6 Å². The number of nitrogens with zero attached hydrogens (tertiary/aromatic N) is 3. The fraction of sp³-hybridized carbons (Fsp3) is 0.769. The van der Waals surface area contributed by atoms with Crippen LogP contribution in [0, 0.1) is 6.92 Å². The Bertz CT molecular complexity index is 396. The molecular weight excluding hydrogens is 228 g/mol. The summed E-state index contributed by atoms with van der Waals surface area (Å²) in [5, 5.41) is 7.87. The number of hydrogen-bond donors (Lipinski definition) is 1. The molecule has 2 heterocycles. The number of methoxy groups -OCH3 is 1. The first-order valence-corrected chi connectivity index (χ1v) is 6.68. The van der Waals surface area contributed by atoms with Gasteiger partial charge < -0.3 is 10.1 Å². The standard InChI is InChI=1S/C13H24N4O/c1-5-17(11-6-7-14-8-11)9-12-10(2)15-16(3)13(12)18-4/h11,14H,5-9H2,1-4H3. The van der Waals surface area contributed by atoms with Crippen molar-refractivity contribution >= 4 is 0 Å². The normalized spacial score (nSPS) is 19.7. The maximum absolute atomic E-state index is 5.46. The Balaban J connectivity index is 2.15. The molecule has 1 fully saturated rings. The molecule has 102 valence electrons. The van der Waals surface area contributed by atoms with Crippen molar-refractivity contribution in [2.24, 2.45) is 7.05 Å². The zero-order valence-corrected chi connectivity index (χ0v) is 11.9. The van der Waals surface area contributed by atoms with Gasteiger partial charge in [-0.2, -0.15) is 5.10 Å². The van der Waals surface area contributed by atoms with Crippen LogP contribution >= 0.6 is 0 Å². The van der Waals surface area contributed by atoms with Gasteiger partial charge in [0.2, 0.25) is 5.88 Å². The molecule has 5 heteroatoms. The Morgan fingerprint density at radius 1 is 1.56 bits per heavy atom. The van der Waals surface area contributed by atoms with E-state index in [0.29, 0.717) is 6.04 Å². The third-order valence-electron chi connectivity index (χ3n) is 3.80. The number of likely N-dealkylation sites (N-methyl/N-ethyl adjacent to an activating group) is 1. The highest BCUT2D eigenvalue weighted by Crippen LogP contribution is 2.24. The minimum atomic E-state index is 0.638. The van der Waals surface area contributed by atoms with Gasteiger partial charge in [-0.1, -0.05) is 6.92 Å². The predicted octanol–water partition coefficient (Wildman–Crippen LogP) is 0.921. The van der Waals surface area contributed by atoms with Gasteiger partial charge in [0.25, 0.3) is 0 Å². The molecule has 1 saturated heterocycles. The summed E-state index contributed by atoms with van der Waals surface area (Å²) in [5.74, 6) is 0.886. The lowest BCUT2D eigenvalue weighted by molar-refractivity contribution is 0.207. The van der Waals surface area contributed by atoms with Crippen molar-refractivity contribution in [2.45, 2.75) is 32.9 Å². The molecule has 0 aromatic carbocycles. The third kappa shape index (κ3) is 2.52. The fourth-order valence-corrected chi connectivity index (χ4v) is 2.77. The molecule has 18 heavy (non-hydrogen) atoms. The highest BCUT2D eigenvalue weighted by molar-refractivity contribution is 5.30. The van der Waals surface area contributed by atoms with Gasteiger partial charge in [0, 0.05) is 26.2 Å². The first kappa shape index (κ1) is 13.4. The maximum atomic E-state index is 5.46. The molecule has 1 aromatic rings. The van der Waals surface area contributed by atoms with E-state index in [1.165, 1.54) is 12.0 Å². The van der Waals surface area contributed by atoms with Crippen LogP contribution in [0.5, 0.6) is 5.88 Å². The second kappa shape index (κ2) is 5.71. The summed E-state index contributed by atoms with van der Waals surface area (Å²) in [4.78, 5) is 2.51. The quantitative estimate of drug-likeness (QED) is 0.846. The predicted molar refractivity (Wildman–Crippen MR) is 71.9 cm³/mol. The molecule has 1 unspecified atom stereocenters. The van der Waals surface area contributed by atoms with Gasteiger partial charge in [0.15, 0.2) is 0 Å². The van der Waals surface area contributed by atoms with Crippen molar-refractivity contribution in [3.8, 4) is 5.88 Å². The lowest BCUT2D eigenvalue weighted by Crippen LogP contribution is -2.36. The lowest BCUT2D eigenvalue weighted by Gasteiger charge is -2.26. The Labute approximate surface area is 109 Å². The molecule has 2 rings (SSSR count). The van der Waals surface area contributed by atoms with Gasteiger partial charge >= 0.3 is 0 Å². The number of aromatic nitrogens is 2. The number of ether oxygens (including phenoxy) is 1. The fourth-order valence-electron chi connectivity index (χ4n) is 2.77. The highest BCUT2D eigenvalue weighted by Gasteiger charge is 2.24. The average molecular weight is 252 g/mol. The molecule has 0 radical (unpaired) electrons. The van der Waals surface area contributed by atoms with Crippen LogP contribution in [0.3, 0.4) is 0 Å². The maximum Gasteiger partial charge on any atom is 0.216 e. The summed E-state index contributed by atoms with van der Waals surface area (Å²) < 4.78 is 7.29. The molecule has 0 bridgehead atoms. The molecule has 5 nitrogen and oxygen atoms in total. The number of rotatable bonds is 5. The number of nitrogens with one attached hydrogen (secondary N) is 1. The molecule has 0 saturated carbocycles. The lowest BCUT2D eigenvalue weighted by atomic mass is 10.1. The van der Waals surface area contributed by atoms with E-state index in [4.69, 9.17) is 4.74 Å². The Morgan fingerprint density at radius 3 is 2.89 bits per heavy atom. The SMILES string of the molecule is CCN(Cc1c(C)nn(C)c1OC)C1CCNC1. The molecular formula is C13H24N4O. The first-order valence-electron chi connectivity index (χ1n) is 6.68. The summed E-state index contributed by atoms with van der Waals surface area (Å²) in [5.41, 5.74) is 2.28. The van der Waals surface area contributed by atoms with Gasteiger partial charge in [0.1, 0.15) is 0 Å². The summed E-state index contributed by atoms with van der Waals surface area (Å²) >= 11 is 0. The second-order valence-corrected chi connectivity index (χ2v) is 4.91. The average Bonchev–Trinajstić information content (AvgIpc) is 2.95. The second-order valence-electron chi connectivity index (χ2n) is 4.91. The summed E-state index contributed by atoms with van der Waals surface area (Å²) in [6.45, 7) is 8.48. The van der Waals surface area contributed by atoms with E-state index in [2.05, 4.69) is 29.2 Å². The Morgan fingerprint density at radius 2 is 2.33 bits per heavy atom. The van der Waals surface area contributed by atoms with E-state index in [1.54, 1.807) is 7.11 Å². The molecule has 0 spiro atoms. The smallest absolute Gasteiger partial charge is 0.216 e. The molecule has 1 N–H and O–H groups in total. The van der Waals surface area contributed by atoms with E-state index in [-0.39, 0.29) is 0 Å². The van der Waals surface area contributed by atoms with Crippen LogP contribution in [0.2, 0.25) is 0 Å². The minimum absolute atomic E-state index is 0.638. The van der Waals surface area contributed by atoms with Crippen molar-refractivity contribution in [1.29, 1.82) is 0 Å². The molecule has 1 aromatic heterocycles. The Hall–Kier alpha value is -1.07. The van der Waals surface area contributed by atoms with Crippen LogP contribution in [0.1, 0.15) is 24.6 Å². The summed E-state index contributed by atoms with van der Waals surface area (Å²) in [6.07, 6.45) is 1.23. The monoisotopic (exact) mass is 252 g/mol. The first-order chi connectivity index (χ1) is 8.67. The molecule has 1 aliphatic rings. The van der Waals surface area contributed by atoms with E-state index < -0.39 is 0 Å². The van der Waals surface area contributed by atoms with Crippen LogP contribution < -0.4 is 10.1 Å².